The van der Waals surface area contributed by atoms with E-state index in [1.807, 2.05) is 24.7 Å². The molecule has 1 heterocycles. The van der Waals surface area contributed by atoms with Gasteiger partial charge in [0.05, 0.1) is 6.20 Å². The summed E-state index contributed by atoms with van der Waals surface area (Å²) in [7, 11) is 2.14. The van der Waals surface area contributed by atoms with Crippen molar-refractivity contribution in [3.8, 4) is 11.1 Å². The third-order valence-corrected chi connectivity index (χ3v) is 9.61. The molecule has 4 heteroatoms. The Balaban J connectivity index is 0.000000275. The van der Waals surface area contributed by atoms with Crippen LogP contribution in [0.2, 0.25) is 0 Å². The first-order chi connectivity index (χ1) is 22.9. The highest BCUT2D eigenvalue weighted by Gasteiger charge is 2.20. The fourth-order valence-corrected chi connectivity index (χ4v) is 6.94. The monoisotopic (exact) mass is 655 g/mol. The molecule has 2 aromatic carbocycles. The van der Waals surface area contributed by atoms with E-state index in [4.69, 9.17) is 5.73 Å². The van der Waals surface area contributed by atoms with E-state index < -0.39 is 0 Å². The van der Waals surface area contributed by atoms with E-state index in [1.165, 1.54) is 97.8 Å². The molecule has 0 saturated heterocycles. The van der Waals surface area contributed by atoms with Gasteiger partial charge in [-0.05, 0) is 104 Å². The van der Waals surface area contributed by atoms with Gasteiger partial charge in [-0.2, -0.15) is 5.10 Å². The summed E-state index contributed by atoms with van der Waals surface area (Å²) in [5.74, 6) is 1.49. The van der Waals surface area contributed by atoms with Gasteiger partial charge in [0.1, 0.15) is 0 Å². The standard InChI is InChI=1S/C20H27N3.C15H22.C7H15N.C2H6/c1-4-23-15-19(14-21-23)18-11-8-12-20(13-18)22(3)16(2)17-9-6-5-7-10-17;1-3-13-9-10-15(11-12(13)2)14-7-5-4-6-8-14;1-6(8)5-7(2,3)4;1-2/h8,11-15,17H,2,4-7,9-10H2,1,3H3;9-11,14H,3-8H2,1-2H3;1,5,8H2,2-4H3;1-2H3. The zero-order chi connectivity index (χ0) is 35.7. The van der Waals surface area contributed by atoms with Crippen LogP contribution in [0.4, 0.5) is 5.69 Å². The molecular formula is C44H70N4. The van der Waals surface area contributed by atoms with Gasteiger partial charge in [-0.15, -0.1) is 0 Å². The van der Waals surface area contributed by atoms with Crippen LogP contribution in [0.25, 0.3) is 11.1 Å². The minimum Gasteiger partial charge on any atom is -0.402 e. The van der Waals surface area contributed by atoms with Crippen LogP contribution < -0.4 is 10.6 Å². The second-order valence-corrected chi connectivity index (χ2v) is 14.8. The van der Waals surface area contributed by atoms with Gasteiger partial charge in [0, 0.05) is 42.4 Å². The van der Waals surface area contributed by atoms with Gasteiger partial charge in [0.25, 0.3) is 0 Å². The quantitative estimate of drug-likeness (QED) is 0.263. The van der Waals surface area contributed by atoms with Gasteiger partial charge < -0.3 is 10.6 Å². The third kappa shape index (κ3) is 13.7. The fourth-order valence-electron chi connectivity index (χ4n) is 6.94. The number of benzene rings is 2. The highest BCUT2D eigenvalue weighted by atomic mass is 15.3. The summed E-state index contributed by atoms with van der Waals surface area (Å²) in [6, 6.07) is 15.8. The van der Waals surface area contributed by atoms with Crippen molar-refractivity contribution in [1.82, 2.24) is 9.78 Å². The molecule has 3 aromatic rings. The zero-order valence-corrected chi connectivity index (χ0v) is 32.4. The van der Waals surface area contributed by atoms with E-state index in [-0.39, 0.29) is 0 Å². The molecule has 2 aliphatic rings. The minimum atomic E-state index is 0.297. The maximum absolute atomic E-state index is 5.38. The lowest BCUT2D eigenvalue weighted by molar-refractivity contribution is 0.398. The zero-order valence-electron chi connectivity index (χ0n) is 32.4. The highest BCUT2D eigenvalue weighted by molar-refractivity contribution is 5.68. The Kier molecular flexibility index (Phi) is 17.9. The molecule has 2 N–H and O–H groups in total. The van der Waals surface area contributed by atoms with Crippen LogP contribution in [0.3, 0.4) is 0 Å². The number of hydrogen-bond acceptors (Lipinski definition) is 3. The Labute approximate surface area is 295 Å². The van der Waals surface area contributed by atoms with E-state index in [1.54, 1.807) is 5.56 Å². The van der Waals surface area contributed by atoms with Gasteiger partial charge in [0.2, 0.25) is 0 Å². The SMILES string of the molecule is C=C(C1CCCCC1)N(C)c1cccc(-c2cnn(CC)c2)c1.C=C(N)CC(C)(C)C.CC.CCc1ccc(C2CCCCC2)cc1C. The Morgan fingerprint density at radius 3 is 2.02 bits per heavy atom. The predicted molar refractivity (Wildman–Crippen MR) is 213 cm³/mol. The summed E-state index contributed by atoms with van der Waals surface area (Å²) in [4.78, 5) is 2.27. The predicted octanol–water partition coefficient (Wildman–Crippen LogP) is 12.6. The van der Waals surface area contributed by atoms with E-state index >= 15 is 0 Å². The number of allylic oxidation sites excluding steroid dienone is 2. The summed E-state index contributed by atoms with van der Waals surface area (Å²) >= 11 is 0. The van der Waals surface area contributed by atoms with Gasteiger partial charge in [-0.25, -0.2) is 0 Å². The van der Waals surface area contributed by atoms with Crippen molar-refractivity contribution in [2.45, 2.75) is 145 Å². The Morgan fingerprint density at radius 1 is 0.896 bits per heavy atom. The second kappa shape index (κ2) is 21.0. The van der Waals surface area contributed by atoms with Gasteiger partial charge in [0.15, 0.2) is 0 Å². The summed E-state index contributed by atoms with van der Waals surface area (Å²) < 4.78 is 1.96. The fraction of sp³-hybridized carbons (Fsp3) is 0.568. The van der Waals surface area contributed by atoms with Gasteiger partial charge in [-0.1, -0.05) is 124 Å². The molecule has 0 bridgehead atoms. The molecule has 2 aliphatic carbocycles. The van der Waals surface area contributed by atoms with Crippen LogP contribution in [-0.4, -0.2) is 16.8 Å². The molecule has 2 saturated carbocycles. The molecule has 5 rings (SSSR count). The van der Waals surface area contributed by atoms with Crippen molar-refractivity contribution >= 4 is 5.69 Å². The first kappa shape index (κ1) is 40.9. The molecule has 48 heavy (non-hydrogen) atoms. The van der Waals surface area contributed by atoms with E-state index in [0.717, 1.165) is 31.0 Å². The van der Waals surface area contributed by atoms with Crippen molar-refractivity contribution < 1.29 is 0 Å². The van der Waals surface area contributed by atoms with Crippen LogP contribution in [-0.2, 0) is 13.0 Å². The Bertz CT molecular complexity index is 1360. The van der Waals surface area contributed by atoms with Crippen molar-refractivity contribution in [2.24, 2.45) is 17.1 Å². The first-order valence-corrected chi connectivity index (χ1v) is 19.0. The number of aromatic nitrogens is 2. The summed E-state index contributed by atoms with van der Waals surface area (Å²) in [6.45, 7) is 25.9. The molecule has 266 valence electrons. The van der Waals surface area contributed by atoms with Crippen molar-refractivity contribution in [3.63, 3.8) is 0 Å². The lowest BCUT2D eigenvalue weighted by Gasteiger charge is -2.31. The van der Waals surface area contributed by atoms with E-state index in [2.05, 4.69) is 120 Å². The third-order valence-electron chi connectivity index (χ3n) is 9.61. The molecule has 0 spiro atoms. The molecule has 4 nitrogen and oxygen atoms in total. The number of nitrogens with zero attached hydrogens (tertiary/aromatic N) is 3. The number of hydrogen-bond donors (Lipinski definition) is 1. The van der Waals surface area contributed by atoms with Crippen LogP contribution in [0.15, 0.2) is 79.4 Å². The van der Waals surface area contributed by atoms with Crippen LogP contribution in [0.1, 0.15) is 142 Å². The van der Waals surface area contributed by atoms with Crippen molar-refractivity contribution in [3.05, 3.63) is 96.1 Å². The van der Waals surface area contributed by atoms with E-state index in [9.17, 15) is 0 Å². The minimum absolute atomic E-state index is 0.297. The van der Waals surface area contributed by atoms with Crippen molar-refractivity contribution in [1.29, 1.82) is 0 Å². The molecular weight excluding hydrogens is 585 g/mol. The largest absolute Gasteiger partial charge is 0.402 e. The van der Waals surface area contributed by atoms with Crippen LogP contribution in [0.5, 0.6) is 0 Å². The Hall–Kier alpha value is -3.27. The lowest BCUT2D eigenvalue weighted by Crippen LogP contribution is -2.23. The maximum Gasteiger partial charge on any atom is 0.0568 e. The summed E-state index contributed by atoms with van der Waals surface area (Å²) in [6.07, 6.45) is 19.9. The average Bonchev–Trinajstić information content (AvgIpc) is 3.58. The molecule has 0 atom stereocenters. The molecule has 0 amide bonds. The van der Waals surface area contributed by atoms with Gasteiger partial charge in [-0.3, -0.25) is 4.68 Å². The smallest absolute Gasteiger partial charge is 0.0568 e. The van der Waals surface area contributed by atoms with Gasteiger partial charge >= 0.3 is 0 Å². The molecule has 0 unspecified atom stereocenters. The molecule has 1 aromatic heterocycles. The second-order valence-electron chi connectivity index (χ2n) is 14.8. The van der Waals surface area contributed by atoms with Crippen LogP contribution >= 0.6 is 0 Å². The van der Waals surface area contributed by atoms with Crippen molar-refractivity contribution in [2.75, 3.05) is 11.9 Å². The summed E-state index contributed by atoms with van der Waals surface area (Å²) in [5.41, 5.74) is 15.9. The topological polar surface area (TPSA) is 47.1 Å². The normalized spacial score (nSPS) is 15.1. The number of aryl methyl sites for hydroxylation is 3. The molecule has 0 aliphatic heterocycles. The first-order valence-electron chi connectivity index (χ1n) is 19.0. The Morgan fingerprint density at radius 2 is 1.52 bits per heavy atom. The molecule has 2 fully saturated rings. The van der Waals surface area contributed by atoms with Crippen LogP contribution in [0, 0.1) is 18.3 Å². The number of anilines is 1. The maximum atomic E-state index is 5.38. The number of nitrogens with two attached hydrogens (primary N) is 1. The van der Waals surface area contributed by atoms with E-state index in [0.29, 0.717) is 11.3 Å². The highest BCUT2D eigenvalue weighted by Crippen LogP contribution is 2.34. The average molecular weight is 655 g/mol. The molecule has 0 radical (unpaired) electrons. The summed E-state index contributed by atoms with van der Waals surface area (Å²) in [5, 5.41) is 4.38. The number of rotatable bonds is 8. The lowest BCUT2D eigenvalue weighted by atomic mass is 9.83.